The molecule has 1 saturated carbocycles. The second-order valence-corrected chi connectivity index (χ2v) is 5.28. The van der Waals surface area contributed by atoms with Gasteiger partial charge in [-0.25, -0.2) is 4.79 Å². The van der Waals surface area contributed by atoms with Gasteiger partial charge in [-0.2, -0.15) is 0 Å². The number of hydrogen-bond acceptors (Lipinski definition) is 2. The molecule has 3 nitrogen and oxygen atoms in total. The van der Waals surface area contributed by atoms with E-state index in [4.69, 9.17) is 23.1 Å². The highest BCUT2D eigenvalue weighted by atomic mass is 35.5. The fraction of sp³-hybridized carbons (Fsp3) is 0.312. The summed E-state index contributed by atoms with van der Waals surface area (Å²) in [6.45, 7) is 1.33. The molecule has 1 fully saturated rings. The van der Waals surface area contributed by atoms with Crippen molar-refractivity contribution in [3.05, 3.63) is 34.9 Å². The van der Waals surface area contributed by atoms with Crippen molar-refractivity contribution < 1.29 is 9.90 Å². The number of anilines is 1. The molecule has 0 spiro atoms. The first-order chi connectivity index (χ1) is 9.61. The van der Waals surface area contributed by atoms with Crippen LogP contribution in [0.1, 0.15) is 18.4 Å². The van der Waals surface area contributed by atoms with E-state index in [-0.39, 0.29) is 0 Å². The second-order valence-electron chi connectivity index (χ2n) is 4.88. The third kappa shape index (κ3) is 3.79. The van der Waals surface area contributed by atoms with Crippen molar-refractivity contribution in [3.8, 4) is 12.3 Å². The molecule has 104 valence electrons. The Bertz CT molecular complexity index is 570. The molecule has 1 N–H and O–H groups in total. The van der Waals surface area contributed by atoms with E-state index in [9.17, 15) is 4.79 Å². The smallest absolute Gasteiger partial charge is 0.328 e. The van der Waals surface area contributed by atoms with E-state index in [1.54, 1.807) is 18.2 Å². The Labute approximate surface area is 123 Å². The molecule has 0 unspecified atom stereocenters. The minimum atomic E-state index is -0.985. The second kappa shape index (κ2) is 6.49. The van der Waals surface area contributed by atoms with Gasteiger partial charge in [0.2, 0.25) is 0 Å². The van der Waals surface area contributed by atoms with Crippen LogP contribution in [0.3, 0.4) is 0 Å². The third-order valence-electron chi connectivity index (χ3n) is 3.20. The van der Waals surface area contributed by atoms with Crippen LogP contribution in [-0.2, 0) is 4.79 Å². The summed E-state index contributed by atoms with van der Waals surface area (Å²) in [6, 6.07) is 5.45. The molecule has 0 radical (unpaired) electrons. The molecule has 0 bridgehead atoms. The van der Waals surface area contributed by atoms with Crippen LogP contribution in [0.5, 0.6) is 0 Å². The minimum Gasteiger partial charge on any atom is -0.478 e. The highest BCUT2D eigenvalue weighted by Gasteiger charge is 2.25. The third-order valence-corrected chi connectivity index (χ3v) is 3.50. The zero-order valence-electron chi connectivity index (χ0n) is 11.1. The van der Waals surface area contributed by atoms with Crippen LogP contribution in [0.25, 0.3) is 6.08 Å². The molecule has 1 aromatic carbocycles. The van der Waals surface area contributed by atoms with Crippen LogP contribution in [-0.4, -0.2) is 24.2 Å². The molecule has 2 rings (SSSR count). The van der Waals surface area contributed by atoms with Gasteiger partial charge in [0.25, 0.3) is 0 Å². The number of carboxylic acids is 1. The van der Waals surface area contributed by atoms with E-state index in [0.717, 1.165) is 23.9 Å². The predicted molar refractivity (Wildman–Crippen MR) is 81.9 cm³/mol. The Morgan fingerprint density at radius 1 is 1.55 bits per heavy atom. The summed E-state index contributed by atoms with van der Waals surface area (Å²) in [5.41, 5.74) is 1.59. The van der Waals surface area contributed by atoms with Crippen LogP contribution < -0.4 is 4.90 Å². The van der Waals surface area contributed by atoms with Gasteiger partial charge in [0, 0.05) is 12.6 Å². The molecule has 20 heavy (non-hydrogen) atoms. The van der Waals surface area contributed by atoms with Gasteiger partial charge in [-0.3, -0.25) is 0 Å². The summed E-state index contributed by atoms with van der Waals surface area (Å²) in [7, 11) is 0. The summed E-state index contributed by atoms with van der Waals surface area (Å²) in [4.78, 5) is 12.7. The zero-order chi connectivity index (χ0) is 14.5. The fourth-order valence-electron chi connectivity index (χ4n) is 2.12. The van der Waals surface area contributed by atoms with Crippen molar-refractivity contribution >= 4 is 29.3 Å². The van der Waals surface area contributed by atoms with Gasteiger partial charge in [0.1, 0.15) is 0 Å². The summed E-state index contributed by atoms with van der Waals surface area (Å²) in [5.74, 6) is 2.32. The summed E-state index contributed by atoms with van der Waals surface area (Å²) < 4.78 is 0. The molecule has 0 heterocycles. The number of benzene rings is 1. The van der Waals surface area contributed by atoms with Crippen molar-refractivity contribution in [2.75, 3.05) is 18.0 Å². The molecule has 0 amide bonds. The molecule has 1 aromatic rings. The molecular formula is C16H16ClNO2. The number of rotatable bonds is 6. The standard InChI is InChI=1S/C16H16ClNO2/c1-2-10-18(11-12-6-7-12)16-13(8-9-15(19)20)4-3-5-14(16)17/h1,3-5,8-9,12H,6-7,10-11H2,(H,19,20)/b9-8+. The molecule has 4 heteroatoms. The normalized spacial score (nSPS) is 14.2. The summed E-state index contributed by atoms with van der Waals surface area (Å²) in [6.07, 6.45) is 10.5. The van der Waals surface area contributed by atoms with E-state index >= 15 is 0 Å². The van der Waals surface area contributed by atoms with E-state index in [1.807, 2.05) is 6.07 Å². The first-order valence-electron chi connectivity index (χ1n) is 6.49. The van der Waals surface area contributed by atoms with E-state index < -0.39 is 5.97 Å². The molecule has 0 aliphatic heterocycles. The number of para-hydroxylation sites is 1. The Morgan fingerprint density at radius 3 is 2.90 bits per heavy atom. The van der Waals surface area contributed by atoms with Crippen molar-refractivity contribution in [3.63, 3.8) is 0 Å². The summed E-state index contributed by atoms with van der Waals surface area (Å²) >= 11 is 6.29. The largest absolute Gasteiger partial charge is 0.478 e. The Kier molecular flexibility index (Phi) is 4.70. The van der Waals surface area contributed by atoms with E-state index in [1.165, 1.54) is 12.8 Å². The van der Waals surface area contributed by atoms with Gasteiger partial charge < -0.3 is 10.0 Å². The molecule has 0 saturated heterocycles. The number of terminal acetylenes is 1. The lowest BCUT2D eigenvalue weighted by molar-refractivity contribution is -0.131. The van der Waals surface area contributed by atoms with E-state index in [2.05, 4.69) is 10.8 Å². The van der Waals surface area contributed by atoms with Gasteiger partial charge >= 0.3 is 5.97 Å². The Morgan fingerprint density at radius 2 is 2.30 bits per heavy atom. The average Bonchev–Trinajstić information content (AvgIpc) is 3.20. The first-order valence-corrected chi connectivity index (χ1v) is 6.87. The zero-order valence-corrected chi connectivity index (χ0v) is 11.8. The minimum absolute atomic E-state index is 0.466. The van der Waals surface area contributed by atoms with Crippen molar-refractivity contribution in [2.24, 2.45) is 5.92 Å². The van der Waals surface area contributed by atoms with Gasteiger partial charge in [-0.05, 0) is 36.5 Å². The lowest BCUT2D eigenvalue weighted by Crippen LogP contribution is -2.27. The van der Waals surface area contributed by atoms with Gasteiger partial charge in [-0.15, -0.1) is 6.42 Å². The van der Waals surface area contributed by atoms with Gasteiger partial charge in [-0.1, -0.05) is 29.7 Å². The van der Waals surface area contributed by atoms with Crippen LogP contribution in [0, 0.1) is 18.3 Å². The fourth-order valence-corrected chi connectivity index (χ4v) is 2.42. The maximum atomic E-state index is 10.7. The number of carboxylic acid groups (broad SMARTS) is 1. The molecule has 1 aliphatic rings. The topological polar surface area (TPSA) is 40.5 Å². The SMILES string of the molecule is C#CCN(CC1CC1)c1c(Cl)cccc1/C=C/C(=O)O. The van der Waals surface area contributed by atoms with Crippen LogP contribution in [0.2, 0.25) is 5.02 Å². The van der Waals surface area contributed by atoms with Gasteiger partial charge in [0.15, 0.2) is 0 Å². The number of halogens is 1. The number of nitrogens with zero attached hydrogens (tertiary/aromatic N) is 1. The Hall–Kier alpha value is -1.92. The highest BCUT2D eigenvalue weighted by molar-refractivity contribution is 6.33. The average molecular weight is 290 g/mol. The maximum absolute atomic E-state index is 10.7. The molecule has 0 atom stereocenters. The number of carbonyl (C=O) groups is 1. The quantitative estimate of drug-likeness (QED) is 0.645. The lowest BCUT2D eigenvalue weighted by atomic mass is 10.1. The summed E-state index contributed by atoms with van der Waals surface area (Å²) in [5, 5.41) is 9.36. The van der Waals surface area contributed by atoms with Crippen LogP contribution in [0.4, 0.5) is 5.69 Å². The highest BCUT2D eigenvalue weighted by Crippen LogP contribution is 2.36. The predicted octanol–water partition coefficient (Wildman–Crippen LogP) is 3.29. The van der Waals surface area contributed by atoms with E-state index in [0.29, 0.717) is 17.5 Å². The number of hydrogen-bond donors (Lipinski definition) is 1. The monoisotopic (exact) mass is 289 g/mol. The van der Waals surface area contributed by atoms with Gasteiger partial charge in [0.05, 0.1) is 17.3 Å². The first kappa shape index (κ1) is 14.5. The van der Waals surface area contributed by atoms with Crippen LogP contribution >= 0.6 is 11.6 Å². The van der Waals surface area contributed by atoms with Crippen LogP contribution in [0.15, 0.2) is 24.3 Å². The van der Waals surface area contributed by atoms with Crippen molar-refractivity contribution in [1.29, 1.82) is 0 Å². The molecule has 0 aromatic heterocycles. The maximum Gasteiger partial charge on any atom is 0.328 e. The number of aliphatic carboxylic acids is 1. The lowest BCUT2D eigenvalue weighted by Gasteiger charge is -2.25. The molecule has 1 aliphatic carbocycles. The Balaban J connectivity index is 2.35. The van der Waals surface area contributed by atoms with Crippen molar-refractivity contribution in [1.82, 2.24) is 0 Å². The van der Waals surface area contributed by atoms with Crippen molar-refractivity contribution in [2.45, 2.75) is 12.8 Å². The molecular weight excluding hydrogens is 274 g/mol.